The first kappa shape index (κ1) is 13.8. The third kappa shape index (κ3) is 3.90. The van der Waals surface area contributed by atoms with E-state index in [1.807, 2.05) is 24.3 Å². The minimum absolute atomic E-state index is 0.0392. The second kappa shape index (κ2) is 6.49. The summed E-state index contributed by atoms with van der Waals surface area (Å²) < 4.78 is 21.8. The topological polar surface area (TPSA) is 50.8 Å². The molecular weight excluding hydrogens is 251 g/mol. The Labute approximate surface area is 111 Å². The maximum Gasteiger partial charge on any atom is 0.343 e. The van der Waals surface area contributed by atoms with Crippen LogP contribution in [-0.2, 0) is 16.1 Å². The fraction of sp³-hybridized carbons (Fsp3) is 0.462. The Hall–Kier alpha value is -1.66. The lowest BCUT2D eigenvalue weighted by atomic mass is 10.1. The number of nitrogens with one attached hydrogen (secondary N) is 1. The maximum absolute atomic E-state index is 12.1. The van der Waals surface area contributed by atoms with Crippen molar-refractivity contribution < 1.29 is 18.7 Å². The number of esters is 1. The van der Waals surface area contributed by atoms with Gasteiger partial charge in [0.15, 0.2) is 6.61 Å². The molecule has 19 heavy (non-hydrogen) atoms. The lowest BCUT2D eigenvalue weighted by Crippen LogP contribution is -2.55. The Kier molecular flexibility index (Phi) is 4.70. The molecule has 0 aliphatic carbocycles. The highest BCUT2D eigenvalue weighted by Gasteiger charge is 2.26. The first-order chi connectivity index (χ1) is 9.21. The molecule has 6 heteroatoms. The Morgan fingerprint density at radius 1 is 1.42 bits per heavy atom. The van der Waals surface area contributed by atoms with Crippen molar-refractivity contribution in [3.8, 4) is 5.75 Å². The summed E-state index contributed by atoms with van der Waals surface area (Å²) in [4.78, 5) is 13.1. The molecule has 5 nitrogen and oxygen atoms in total. The number of methoxy groups -OCH3 is 1. The number of carbonyl (C=O) groups excluding carboxylic acids is 1. The van der Waals surface area contributed by atoms with Crippen LogP contribution in [0, 0.1) is 0 Å². The predicted octanol–water partition coefficient (Wildman–Crippen LogP) is 0.897. The molecule has 1 saturated heterocycles. The molecule has 0 atom stereocenters. The van der Waals surface area contributed by atoms with Crippen molar-refractivity contribution in [1.82, 2.24) is 10.4 Å². The average molecular weight is 268 g/mol. The first-order valence-electron chi connectivity index (χ1n) is 6.08. The zero-order chi connectivity index (χ0) is 13.7. The van der Waals surface area contributed by atoms with Crippen LogP contribution in [-0.4, -0.2) is 43.7 Å². The molecule has 1 aromatic rings. The van der Waals surface area contributed by atoms with E-state index in [9.17, 15) is 9.28 Å². The van der Waals surface area contributed by atoms with Gasteiger partial charge in [-0.1, -0.05) is 12.1 Å². The summed E-state index contributed by atoms with van der Waals surface area (Å²) in [5, 5.41) is 0. The monoisotopic (exact) mass is 268 g/mol. The summed E-state index contributed by atoms with van der Waals surface area (Å²) in [7, 11) is 1.32. The SMILES string of the molecule is COC(=O)COc1ccc(CN2CC(NF)C2)cc1. The molecule has 2 rings (SSSR count). The van der Waals surface area contributed by atoms with Gasteiger partial charge in [-0.2, -0.15) is 5.54 Å². The Balaban J connectivity index is 1.77. The largest absolute Gasteiger partial charge is 0.482 e. The molecule has 0 saturated carbocycles. The number of nitrogens with zero attached hydrogens (tertiary/aromatic N) is 1. The van der Waals surface area contributed by atoms with E-state index in [0.29, 0.717) is 5.75 Å². The smallest absolute Gasteiger partial charge is 0.343 e. The molecule has 0 aromatic heterocycles. The van der Waals surface area contributed by atoms with Gasteiger partial charge in [-0.05, 0) is 17.7 Å². The highest BCUT2D eigenvalue weighted by atomic mass is 19.2. The molecule has 1 aromatic carbocycles. The fourth-order valence-electron chi connectivity index (χ4n) is 1.92. The molecule has 104 valence electrons. The van der Waals surface area contributed by atoms with Crippen molar-refractivity contribution >= 4 is 5.97 Å². The quantitative estimate of drug-likeness (QED) is 0.613. The van der Waals surface area contributed by atoms with Crippen molar-refractivity contribution in [3.05, 3.63) is 29.8 Å². The minimum Gasteiger partial charge on any atom is -0.482 e. The van der Waals surface area contributed by atoms with Crippen LogP contribution in [0.4, 0.5) is 4.48 Å². The summed E-state index contributed by atoms with van der Waals surface area (Å²) in [6.07, 6.45) is 0. The van der Waals surface area contributed by atoms with Crippen LogP contribution in [0.1, 0.15) is 5.56 Å². The van der Waals surface area contributed by atoms with Gasteiger partial charge in [-0.25, -0.2) is 4.79 Å². The number of hydrogen-bond acceptors (Lipinski definition) is 5. The maximum atomic E-state index is 12.1. The highest BCUT2D eigenvalue weighted by molar-refractivity contribution is 5.70. The number of ether oxygens (including phenoxy) is 2. The summed E-state index contributed by atoms with van der Waals surface area (Å²) in [6, 6.07) is 7.44. The molecule has 1 aliphatic rings. The van der Waals surface area contributed by atoms with E-state index in [1.165, 1.54) is 7.11 Å². The molecule has 1 N–H and O–H groups in total. The van der Waals surface area contributed by atoms with Crippen LogP contribution in [0.3, 0.4) is 0 Å². The second-order valence-electron chi connectivity index (χ2n) is 4.51. The zero-order valence-corrected chi connectivity index (χ0v) is 10.8. The van der Waals surface area contributed by atoms with E-state index in [-0.39, 0.29) is 12.6 Å². The van der Waals surface area contributed by atoms with Gasteiger partial charge in [0.2, 0.25) is 0 Å². The molecule has 0 unspecified atom stereocenters. The minimum atomic E-state index is -0.408. The number of likely N-dealkylation sites (tertiary alicyclic amines) is 1. The Morgan fingerprint density at radius 2 is 2.11 bits per heavy atom. The van der Waals surface area contributed by atoms with Gasteiger partial charge in [0.05, 0.1) is 13.2 Å². The van der Waals surface area contributed by atoms with E-state index in [4.69, 9.17) is 4.74 Å². The van der Waals surface area contributed by atoms with Crippen LogP contribution < -0.4 is 10.3 Å². The molecule has 0 bridgehead atoms. The third-order valence-corrected chi connectivity index (χ3v) is 3.03. The number of carbonyl (C=O) groups is 1. The summed E-state index contributed by atoms with van der Waals surface area (Å²) in [5.41, 5.74) is 2.88. The van der Waals surface area contributed by atoms with Gasteiger partial charge in [0.25, 0.3) is 0 Å². The van der Waals surface area contributed by atoms with Gasteiger partial charge in [-0.3, -0.25) is 4.90 Å². The second-order valence-corrected chi connectivity index (χ2v) is 4.51. The van der Waals surface area contributed by atoms with Crippen molar-refractivity contribution in [2.24, 2.45) is 0 Å². The van der Waals surface area contributed by atoms with Crippen molar-refractivity contribution in [2.45, 2.75) is 12.6 Å². The predicted molar refractivity (Wildman–Crippen MR) is 67.3 cm³/mol. The average Bonchev–Trinajstić information content (AvgIpc) is 2.40. The fourth-order valence-corrected chi connectivity index (χ4v) is 1.92. The van der Waals surface area contributed by atoms with Crippen molar-refractivity contribution in [1.29, 1.82) is 0 Å². The van der Waals surface area contributed by atoms with Gasteiger partial charge in [-0.15, -0.1) is 4.48 Å². The molecule has 0 radical (unpaired) electrons. The van der Waals surface area contributed by atoms with Gasteiger partial charge in [0.1, 0.15) is 5.75 Å². The summed E-state index contributed by atoms with van der Waals surface area (Å²) in [5.74, 6) is 0.218. The lowest BCUT2D eigenvalue weighted by Gasteiger charge is -2.37. The van der Waals surface area contributed by atoms with Crippen LogP contribution in [0.25, 0.3) is 0 Å². The molecule has 1 fully saturated rings. The van der Waals surface area contributed by atoms with E-state index >= 15 is 0 Å². The summed E-state index contributed by atoms with van der Waals surface area (Å²) in [6.45, 7) is 2.13. The first-order valence-corrected chi connectivity index (χ1v) is 6.08. The van der Waals surface area contributed by atoms with Crippen LogP contribution >= 0.6 is 0 Å². The number of rotatable bonds is 6. The van der Waals surface area contributed by atoms with E-state index in [0.717, 1.165) is 25.2 Å². The van der Waals surface area contributed by atoms with Crippen LogP contribution in [0.15, 0.2) is 24.3 Å². The standard InChI is InChI=1S/C13H17FN2O3/c1-18-13(17)9-19-12-4-2-10(3-5-12)6-16-7-11(8-16)15-14/h2-5,11,15H,6-9H2,1H3. The van der Waals surface area contributed by atoms with E-state index in [1.54, 1.807) is 5.54 Å². The van der Waals surface area contributed by atoms with Gasteiger partial charge in [0, 0.05) is 19.6 Å². The Morgan fingerprint density at radius 3 is 2.68 bits per heavy atom. The lowest BCUT2D eigenvalue weighted by molar-refractivity contribution is -0.142. The van der Waals surface area contributed by atoms with E-state index < -0.39 is 5.97 Å². The molecular formula is C13H17FN2O3. The van der Waals surface area contributed by atoms with Crippen LogP contribution in [0.2, 0.25) is 0 Å². The Bertz CT molecular complexity index is 418. The number of benzene rings is 1. The number of halogens is 1. The molecule has 1 aliphatic heterocycles. The normalized spacial score (nSPS) is 15.9. The third-order valence-electron chi connectivity index (χ3n) is 3.03. The zero-order valence-electron chi connectivity index (χ0n) is 10.8. The molecule has 1 heterocycles. The van der Waals surface area contributed by atoms with Gasteiger partial charge < -0.3 is 9.47 Å². The van der Waals surface area contributed by atoms with Crippen LogP contribution in [0.5, 0.6) is 5.75 Å². The van der Waals surface area contributed by atoms with E-state index in [2.05, 4.69) is 9.64 Å². The van der Waals surface area contributed by atoms with Gasteiger partial charge >= 0.3 is 5.97 Å². The molecule has 0 spiro atoms. The summed E-state index contributed by atoms with van der Waals surface area (Å²) >= 11 is 0. The molecule has 0 amide bonds. The van der Waals surface area contributed by atoms with Crippen molar-refractivity contribution in [3.63, 3.8) is 0 Å². The number of hydrogen-bond donors (Lipinski definition) is 1. The highest BCUT2D eigenvalue weighted by Crippen LogP contribution is 2.16. The van der Waals surface area contributed by atoms with Crippen molar-refractivity contribution in [2.75, 3.05) is 26.8 Å².